The molecule has 0 aliphatic carbocycles. The van der Waals surface area contributed by atoms with Gasteiger partial charge in [-0.05, 0) is 32.0 Å². The number of halogens is 1. The normalized spacial score (nSPS) is 9.88. The Morgan fingerprint density at radius 2 is 1.75 bits per heavy atom. The summed E-state index contributed by atoms with van der Waals surface area (Å²) in [5, 5.41) is 1.28. The number of nitrogens with zero attached hydrogens (tertiary/aromatic N) is 1. The molecule has 136 valence electrons. The van der Waals surface area contributed by atoms with Gasteiger partial charge in [0.25, 0.3) is 0 Å². The van der Waals surface area contributed by atoms with Crippen LogP contribution in [0.1, 0.15) is 64.3 Å². The lowest BCUT2D eigenvalue weighted by atomic mass is 9.99. The Labute approximate surface area is 165 Å². The van der Waals surface area contributed by atoms with Crippen LogP contribution in [0.3, 0.4) is 0 Å². The topological polar surface area (TPSA) is 38.9 Å². The van der Waals surface area contributed by atoms with Gasteiger partial charge in [-0.3, -0.25) is 0 Å². The van der Waals surface area contributed by atoms with Gasteiger partial charge in [-0.1, -0.05) is 62.5 Å². The van der Waals surface area contributed by atoms with Crippen LogP contribution in [0.2, 0.25) is 0 Å². The molecule has 2 aromatic rings. The second-order valence-electron chi connectivity index (χ2n) is 5.00. The highest BCUT2D eigenvalue weighted by Crippen LogP contribution is 2.37. The number of hydrogen-bond acceptors (Lipinski definition) is 4. The van der Waals surface area contributed by atoms with E-state index in [-0.39, 0.29) is 0 Å². The van der Waals surface area contributed by atoms with Crippen molar-refractivity contribution in [2.75, 3.05) is 7.05 Å². The molecular weight excluding hydrogens is 400 g/mol. The molecule has 0 radical (unpaired) electrons. The van der Waals surface area contributed by atoms with Gasteiger partial charge in [0.05, 0.1) is 9.88 Å². The van der Waals surface area contributed by atoms with Crippen molar-refractivity contribution < 1.29 is 0 Å². The second-order valence-corrected chi connectivity index (χ2v) is 7.46. The van der Waals surface area contributed by atoms with E-state index in [2.05, 4.69) is 65.3 Å². The quantitative estimate of drug-likeness (QED) is 0.477. The molecule has 1 heterocycles. The molecule has 0 saturated heterocycles. The summed E-state index contributed by atoms with van der Waals surface area (Å²) < 4.78 is 1.06. The van der Waals surface area contributed by atoms with Crippen molar-refractivity contribution in [2.45, 2.75) is 64.2 Å². The standard InChI is InChI=1S/C16H20BrNS2.C2H6.CH5N/c1-3-5-11(6-4-2)16-18-10-15(20-16)13-8-7-12(17)9-14(13)19;2*1-2/h7-11,19H,3-6H2,1-2H3;1-2H3;2H2,1H3. The largest absolute Gasteiger partial charge is 0.333 e. The van der Waals surface area contributed by atoms with Crippen LogP contribution in [0.4, 0.5) is 0 Å². The van der Waals surface area contributed by atoms with Crippen molar-refractivity contribution in [2.24, 2.45) is 5.73 Å². The Bertz CT molecular complexity index is 564. The maximum atomic E-state index is 4.67. The van der Waals surface area contributed by atoms with Crippen molar-refractivity contribution in [1.82, 2.24) is 4.98 Å². The zero-order valence-electron chi connectivity index (χ0n) is 15.5. The summed E-state index contributed by atoms with van der Waals surface area (Å²) >= 11 is 9.87. The van der Waals surface area contributed by atoms with Crippen molar-refractivity contribution in [3.8, 4) is 10.4 Å². The molecule has 5 heteroatoms. The van der Waals surface area contributed by atoms with Gasteiger partial charge < -0.3 is 5.73 Å². The summed E-state index contributed by atoms with van der Waals surface area (Å²) in [4.78, 5) is 6.88. The molecule has 0 bridgehead atoms. The molecule has 0 unspecified atom stereocenters. The van der Waals surface area contributed by atoms with E-state index in [1.54, 1.807) is 0 Å². The molecule has 0 spiro atoms. The Balaban J connectivity index is 0.00000123. The lowest BCUT2D eigenvalue weighted by Crippen LogP contribution is -1.96. The van der Waals surface area contributed by atoms with Crippen molar-refractivity contribution in [1.29, 1.82) is 0 Å². The van der Waals surface area contributed by atoms with Gasteiger partial charge in [0.1, 0.15) is 0 Å². The number of rotatable bonds is 6. The average molecular weight is 432 g/mol. The van der Waals surface area contributed by atoms with E-state index in [4.69, 9.17) is 0 Å². The first-order valence-corrected chi connectivity index (χ1v) is 10.7. The van der Waals surface area contributed by atoms with Gasteiger partial charge in [-0.2, -0.15) is 0 Å². The number of thiazole rings is 1. The number of thiol groups is 1. The molecule has 0 aliphatic heterocycles. The molecule has 2 nitrogen and oxygen atoms in total. The van der Waals surface area contributed by atoms with Gasteiger partial charge in [0.15, 0.2) is 0 Å². The highest BCUT2D eigenvalue weighted by Gasteiger charge is 2.15. The first-order chi connectivity index (χ1) is 11.7. The van der Waals surface area contributed by atoms with Crippen LogP contribution < -0.4 is 5.73 Å². The van der Waals surface area contributed by atoms with E-state index < -0.39 is 0 Å². The van der Waals surface area contributed by atoms with Crippen LogP contribution in [-0.4, -0.2) is 12.0 Å². The fourth-order valence-corrected chi connectivity index (χ4v) is 4.48. The highest BCUT2D eigenvalue weighted by atomic mass is 79.9. The third-order valence-electron chi connectivity index (χ3n) is 3.37. The van der Waals surface area contributed by atoms with Crippen LogP contribution in [0.25, 0.3) is 10.4 Å². The van der Waals surface area contributed by atoms with Gasteiger partial charge in [-0.25, -0.2) is 4.98 Å². The molecule has 0 atom stereocenters. The average Bonchev–Trinajstić information content (AvgIpc) is 3.08. The Hall–Kier alpha value is -0.360. The van der Waals surface area contributed by atoms with Gasteiger partial charge in [-0.15, -0.1) is 24.0 Å². The second kappa shape index (κ2) is 13.9. The van der Waals surface area contributed by atoms with Gasteiger partial charge in [0, 0.05) is 27.0 Å². The Kier molecular flexibility index (Phi) is 13.7. The van der Waals surface area contributed by atoms with E-state index >= 15 is 0 Å². The fraction of sp³-hybridized carbons (Fsp3) is 0.526. The molecule has 0 aliphatic rings. The van der Waals surface area contributed by atoms with E-state index in [0.717, 1.165) is 9.37 Å². The number of benzene rings is 1. The monoisotopic (exact) mass is 430 g/mol. The minimum absolute atomic E-state index is 0.613. The van der Waals surface area contributed by atoms with E-state index in [1.165, 1.54) is 48.2 Å². The lowest BCUT2D eigenvalue weighted by Gasteiger charge is -2.11. The zero-order valence-corrected chi connectivity index (χ0v) is 18.8. The molecule has 1 aromatic carbocycles. The van der Waals surface area contributed by atoms with Gasteiger partial charge in [0.2, 0.25) is 0 Å². The first kappa shape index (κ1) is 23.6. The molecule has 24 heavy (non-hydrogen) atoms. The number of hydrogen-bond donors (Lipinski definition) is 2. The highest BCUT2D eigenvalue weighted by molar-refractivity contribution is 9.10. The predicted molar refractivity (Wildman–Crippen MR) is 117 cm³/mol. The van der Waals surface area contributed by atoms with E-state index in [9.17, 15) is 0 Å². The lowest BCUT2D eigenvalue weighted by molar-refractivity contribution is 0.558. The van der Waals surface area contributed by atoms with E-state index in [0.29, 0.717) is 5.92 Å². The van der Waals surface area contributed by atoms with Crippen molar-refractivity contribution in [3.05, 3.63) is 33.9 Å². The summed E-state index contributed by atoms with van der Waals surface area (Å²) in [5.74, 6) is 0.613. The van der Waals surface area contributed by atoms with Crippen molar-refractivity contribution in [3.63, 3.8) is 0 Å². The summed E-state index contributed by atoms with van der Waals surface area (Å²) in [5.41, 5.74) is 5.67. The third kappa shape index (κ3) is 7.26. The summed E-state index contributed by atoms with van der Waals surface area (Å²) in [7, 11) is 1.50. The maximum absolute atomic E-state index is 4.67. The minimum atomic E-state index is 0.613. The summed E-state index contributed by atoms with van der Waals surface area (Å²) in [6.07, 6.45) is 6.90. The molecule has 1 aromatic heterocycles. The maximum Gasteiger partial charge on any atom is 0.0962 e. The zero-order chi connectivity index (χ0) is 18.5. The Morgan fingerprint density at radius 1 is 1.17 bits per heavy atom. The molecule has 2 rings (SSSR count). The van der Waals surface area contributed by atoms with E-state index in [1.807, 2.05) is 37.4 Å². The van der Waals surface area contributed by atoms with Crippen molar-refractivity contribution >= 4 is 39.9 Å². The van der Waals surface area contributed by atoms with Crippen LogP contribution >= 0.6 is 39.9 Å². The molecule has 0 fully saturated rings. The van der Waals surface area contributed by atoms with Crippen LogP contribution in [0.5, 0.6) is 0 Å². The van der Waals surface area contributed by atoms with Gasteiger partial charge >= 0.3 is 0 Å². The molecule has 0 saturated carbocycles. The SMILES string of the molecule is CC.CCCC(CCC)c1ncc(-c2ccc(Br)cc2S)s1.CN. The smallest absolute Gasteiger partial charge is 0.0962 e. The first-order valence-electron chi connectivity index (χ1n) is 8.68. The van der Waals surface area contributed by atoms with Crippen LogP contribution in [0, 0.1) is 0 Å². The minimum Gasteiger partial charge on any atom is -0.333 e. The summed E-state index contributed by atoms with van der Waals surface area (Å²) in [6.45, 7) is 8.50. The number of aromatic nitrogens is 1. The fourth-order valence-electron chi connectivity index (χ4n) is 2.40. The predicted octanol–water partition coefficient (Wildman–Crippen LogP) is 7.15. The summed E-state index contributed by atoms with van der Waals surface area (Å²) in [6, 6.07) is 6.20. The van der Waals surface area contributed by atoms with Crippen LogP contribution in [-0.2, 0) is 0 Å². The van der Waals surface area contributed by atoms with Crippen LogP contribution in [0.15, 0.2) is 33.8 Å². The Morgan fingerprint density at radius 3 is 2.25 bits per heavy atom. The number of nitrogens with two attached hydrogens (primary N) is 1. The molecule has 2 N–H and O–H groups in total. The molecule has 0 amide bonds. The molecular formula is C19H31BrN2S2. The third-order valence-corrected chi connectivity index (χ3v) is 5.43.